The van der Waals surface area contributed by atoms with Crippen LogP contribution in [0.2, 0.25) is 0 Å². The summed E-state index contributed by atoms with van der Waals surface area (Å²) in [4.78, 5) is 10.2. The van der Waals surface area contributed by atoms with Gasteiger partial charge in [0.25, 0.3) is 0 Å². The van der Waals surface area contributed by atoms with E-state index in [9.17, 15) is 14.6 Å². The first-order valence-corrected chi connectivity index (χ1v) is 11.1. The van der Waals surface area contributed by atoms with E-state index in [0.717, 1.165) is 42.7 Å². The van der Waals surface area contributed by atoms with Gasteiger partial charge >= 0.3 is 0 Å². The van der Waals surface area contributed by atoms with E-state index in [1.165, 1.54) is 6.42 Å². The van der Waals surface area contributed by atoms with Crippen molar-refractivity contribution in [1.82, 2.24) is 5.32 Å². The van der Waals surface area contributed by atoms with E-state index in [1.807, 2.05) is 18.2 Å². The highest BCUT2D eigenvalue weighted by atomic mass is 31.2. The zero-order valence-electron chi connectivity index (χ0n) is 14.5. The molecule has 0 radical (unpaired) electrons. The Morgan fingerprint density at radius 3 is 2.76 bits per heavy atom. The van der Waals surface area contributed by atoms with Crippen molar-refractivity contribution in [3.8, 4) is 11.5 Å². The topological polar surface area (TPSA) is 88.0 Å². The third kappa shape index (κ3) is 5.71. The first-order valence-electron chi connectivity index (χ1n) is 9.10. The lowest BCUT2D eigenvalue weighted by Gasteiger charge is -2.25. The molecule has 3 rings (SSSR count). The van der Waals surface area contributed by atoms with E-state index in [-0.39, 0.29) is 13.0 Å². The first-order chi connectivity index (χ1) is 12.0. The van der Waals surface area contributed by atoms with E-state index < -0.39 is 13.5 Å². The lowest BCUT2D eigenvalue weighted by Crippen LogP contribution is -2.30. The average molecular weight is 369 g/mol. The van der Waals surface area contributed by atoms with Gasteiger partial charge in [0, 0.05) is 19.3 Å². The van der Waals surface area contributed by atoms with Crippen LogP contribution in [0.15, 0.2) is 18.2 Å². The molecular formula is C18H28NO5P. The predicted molar refractivity (Wildman–Crippen MR) is 96.4 cm³/mol. The van der Waals surface area contributed by atoms with Gasteiger partial charge in [0.05, 0.1) is 12.3 Å². The Bertz CT molecular complexity index is 617. The minimum Gasteiger partial charge on any atom is -0.454 e. The van der Waals surface area contributed by atoms with Gasteiger partial charge in [-0.2, -0.15) is 0 Å². The van der Waals surface area contributed by atoms with Crippen LogP contribution >= 0.6 is 7.37 Å². The van der Waals surface area contributed by atoms with E-state index in [0.29, 0.717) is 25.2 Å². The molecule has 2 aliphatic rings. The minimum absolute atomic E-state index is 0.0301. The molecule has 0 saturated heterocycles. The fourth-order valence-corrected chi connectivity index (χ4v) is 5.78. The summed E-state index contributed by atoms with van der Waals surface area (Å²) < 4.78 is 23.0. The number of hydrogen-bond donors (Lipinski definition) is 3. The second-order valence-corrected chi connectivity index (χ2v) is 9.61. The molecule has 0 spiro atoms. The van der Waals surface area contributed by atoms with Crippen LogP contribution in [0.3, 0.4) is 0 Å². The van der Waals surface area contributed by atoms with Crippen molar-refractivity contribution in [3.05, 3.63) is 23.8 Å². The fraction of sp³-hybridized carbons (Fsp3) is 0.667. The van der Waals surface area contributed by atoms with Crippen LogP contribution in [-0.2, 0) is 11.1 Å². The third-order valence-electron chi connectivity index (χ3n) is 4.91. The molecule has 1 saturated carbocycles. The molecule has 1 aromatic rings. The number of ether oxygens (including phenoxy) is 2. The van der Waals surface area contributed by atoms with Crippen molar-refractivity contribution in [3.63, 3.8) is 0 Å². The van der Waals surface area contributed by atoms with Crippen molar-refractivity contribution in [2.75, 3.05) is 25.7 Å². The van der Waals surface area contributed by atoms with Crippen LogP contribution in [0.5, 0.6) is 11.5 Å². The van der Waals surface area contributed by atoms with E-state index in [4.69, 9.17) is 9.47 Å². The Morgan fingerprint density at radius 1 is 1.20 bits per heavy atom. The molecule has 3 N–H and O–H groups in total. The highest BCUT2D eigenvalue weighted by Gasteiger charge is 2.28. The van der Waals surface area contributed by atoms with E-state index in [1.54, 1.807) is 0 Å². The van der Waals surface area contributed by atoms with Crippen molar-refractivity contribution >= 4 is 7.37 Å². The molecule has 1 aliphatic carbocycles. The highest BCUT2D eigenvalue weighted by molar-refractivity contribution is 7.58. The second-order valence-electron chi connectivity index (χ2n) is 7.19. The molecule has 0 bridgehead atoms. The SMILES string of the molecule is O=P(O)(CC1CCCCC1)C[C@@H](O)CNCc1ccc2c(c1)OCO2. The molecule has 25 heavy (non-hydrogen) atoms. The zero-order valence-corrected chi connectivity index (χ0v) is 15.4. The summed E-state index contributed by atoms with van der Waals surface area (Å²) in [6.07, 6.45) is 5.15. The van der Waals surface area contributed by atoms with Gasteiger partial charge in [-0.1, -0.05) is 25.3 Å². The standard InChI is InChI=1S/C18H28NO5P/c20-16(12-25(21,22)11-14-4-2-1-3-5-14)10-19-9-15-6-7-17-18(8-15)24-13-23-17/h6-8,14,16,19-20H,1-5,9-13H2,(H,21,22)/t16-/m0/s1. The molecule has 140 valence electrons. The van der Waals surface area contributed by atoms with Gasteiger partial charge in [-0.05, 0) is 36.5 Å². The van der Waals surface area contributed by atoms with Gasteiger partial charge in [0.2, 0.25) is 14.2 Å². The predicted octanol–water partition coefficient (Wildman–Crippen LogP) is 2.72. The maximum atomic E-state index is 12.4. The number of rotatable bonds is 8. The number of fused-ring (bicyclic) bond motifs is 1. The number of benzene rings is 1. The van der Waals surface area contributed by atoms with Crippen LogP contribution in [0.4, 0.5) is 0 Å². The van der Waals surface area contributed by atoms with Crippen LogP contribution in [0, 0.1) is 5.92 Å². The highest BCUT2D eigenvalue weighted by Crippen LogP contribution is 2.45. The molecule has 1 fully saturated rings. The number of aliphatic hydroxyl groups excluding tert-OH is 1. The van der Waals surface area contributed by atoms with Gasteiger partial charge in [-0.15, -0.1) is 0 Å². The Morgan fingerprint density at radius 2 is 1.96 bits per heavy atom. The smallest absolute Gasteiger partial charge is 0.231 e. The summed E-state index contributed by atoms with van der Waals surface area (Å²) in [5.74, 6) is 1.82. The lowest BCUT2D eigenvalue weighted by molar-refractivity contribution is 0.174. The summed E-state index contributed by atoms with van der Waals surface area (Å²) in [5.41, 5.74) is 1.02. The lowest BCUT2D eigenvalue weighted by atomic mass is 9.91. The van der Waals surface area contributed by atoms with Gasteiger partial charge in [0.1, 0.15) is 0 Å². The van der Waals surface area contributed by atoms with Crippen molar-refractivity contribution in [1.29, 1.82) is 0 Å². The monoisotopic (exact) mass is 369 g/mol. The molecule has 6 nitrogen and oxygen atoms in total. The average Bonchev–Trinajstić information content (AvgIpc) is 3.02. The Hall–Kier alpha value is -1.07. The molecule has 1 aliphatic heterocycles. The van der Waals surface area contributed by atoms with Crippen LogP contribution in [-0.4, -0.2) is 41.8 Å². The number of hydrogen-bond acceptors (Lipinski definition) is 5. The molecule has 1 aromatic carbocycles. The molecule has 2 atom stereocenters. The molecule has 0 aromatic heterocycles. The number of aliphatic hydroxyl groups is 1. The fourth-order valence-electron chi connectivity index (χ4n) is 3.68. The van der Waals surface area contributed by atoms with Crippen molar-refractivity contribution in [2.45, 2.75) is 44.8 Å². The first kappa shape index (κ1) is 18.7. The molecule has 7 heteroatoms. The van der Waals surface area contributed by atoms with E-state index in [2.05, 4.69) is 5.32 Å². The van der Waals surface area contributed by atoms with Gasteiger partial charge in [-0.25, -0.2) is 0 Å². The summed E-state index contributed by atoms with van der Waals surface area (Å²) in [6, 6.07) is 5.70. The van der Waals surface area contributed by atoms with Crippen LogP contribution in [0.25, 0.3) is 0 Å². The zero-order chi connectivity index (χ0) is 17.7. The summed E-state index contributed by atoms with van der Waals surface area (Å²) in [7, 11) is -3.27. The Balaban J connectivity index is 1.39. The largest absolute Gasteiger partial charge is 0.454 e. The molecule has 1 heterocycles. The summed E-state index contributed by atoms with van der Waals surface area (Å²) in [5, 5.41) is 13.2. The van der Waals surface area contributed by atoms with Gasteiger partial charge in [-0.3, -0.25) is 4.57 Å². The third-order valence-corrected chi connectivity index (χ3v) is 6.99. The van der Waals surface area contributed by atoms with Crippen LogP contribution in [0.1, 0.15) is 37.7 Å². The molecular weight excluding hydrogens is 341 g/mol. The summed E-state index contributed by atoms with van der Waals surface area (Å²) in [6.45, 7) is 1.10. The van der Waals surface area contributed by atoms with Gasteiger partial charge < -0.3 is 24.8 Å². The van der Waals surface area contributed by atoms with Crippen LogP contribution < -0.4 is 14.8 Å². The maximum absolute atomic E-state index is 12.4. The summed E-state index contributed by atoms with van der Waals surface area (Å²) >= 11 is 0. The van der Waals surface area contributed by atoms with Crippen molar-refractivity contribution < 1.29 is 24.0 Å². The maximum Gasteiger partial charge on any atom is 0.231 e. The van der Waals surface area contributed by atoms with Gasteiger partial charge in [0.15, 0.2) is 11.5 Å². The second kappa shape index (κ2) is 8.54. The molecule has 0 amide bonds. The minimum atomic E-state index is -3.27. The molecule has 1 unspecified atom stereocenters. The Labute approximate surface area is 149 Å². The van der Waals surface area contributed by atoms with Crippen molar-refractivity contribution in [2.24, 2.45) is 5.92 Å². The quantitative estimate of drug-likeness (QED) is 0.611. The normalized spacial score (nSPS) is 21.0. The van der Waals surface area contributed by atoms with E-state index >= 15 is 0 Å². The Kier molecular flexibility index (Phi) is 6.39. The number of nitrogens with one attached hydrogen (secondary N) is 1.